The van der Waals surface area contributed by atoms with E-state index < -0.39 is 10.0 Å². The number of anilines is 1. The molecule has 9 heteroatoms. The van der Waals surface area contributed by atoms with Crippen molar-refractivity contribution >= 4 is 15.9 Å². The Kier molecular flexibility index (Phi) is 6.55. The lowest BCUT2D eigenvalue weighted by atomic mass is 10.0. The second kappa shape index (κ2) is 9.53. The first-order chi connectivity index (χ1) is 15.5. The molecule has 0 bridgehead atoms. The SMILES string of the molecule is COCCCNc1oc(-c2ccc(S(=O)(=O)N3CCc4ccccc4C3)cc2)nc1C#N. The summed E-state index contributed by atoms with van der Waals surface area (Å²) >= 11 is 0. The molecule has 0 amide bonds. The molecule has 8 nitrogen and oxygen atoms in total. The van der Waals surface area contributed by atoms with Gasteiger partial charge in [-0.05, 0) is 48.2 Å². The molecule has 32 heavy (non-hydrogen) atoms. The van der Waals surface area contributed by atoms with Gasteiger partial charge in [0.25, 0.3) is 0 Å². The normalized spacial score (nSPS) is 14.0. The van der Waals surface area contributed by atoms with Gasteiger partial charge in [0.15, 0.2) is 0 Å². The van der Waals surface area contributed by atoms with Crippen molar-refractivity contribution < 1.29 is 17.6 Å². The summed E-state index contributed by atoms with van der Waals surface area (Å²) in [5, 5.41) is 12.4. The summed E-state index contributed by atoms with van der Waals surface area (Å²) in [5.41, 5.74) is 2.97. The van der Waals surface area contributed by atoms with Gasteiger partial charge in [0.2, 0.25) is 27.5 Å². The van der Waals surface area contributed by atoms with Crippen molar-refractivity contribution in [3.63, 3.8) is 0 Å². The smallest absolute Gasteiger partial charge is 0.243 e. The molecule has 0 spiro atoms. The van der Waals surface area contributed by atoms with Gasteiger partial charge in [0.05, 0.1) is 4.90 Å². The molecular formula is C23H24N4O4S. The molecule has 2 heterocycles. The maximum absolute atomic E-state index is 13.1. The van der Waals surface area contributed by atoms with E-state index in [1.54, 1.807) is 31.4 Å². The third-order valence-corrected chi connectivity index (χ3v) is 7.24. The van der Waals surface area contributed by atoms with E-state index >= 15 is 0 Å². The fourth-order valence-corrected chi connectivity index (χ4v) is 5.07. The number of fused-ring (bicyclic) bond motifs is 1. The van der Waals surface area contributed by atoms with Crippen molar-refractivity contribution in [2.45, 2.75) is 24.3 Å². The first kappa shape index (κ1) is 22.0. The van der Waals surface area contributed by atoms with E-state index in [0.29, 0.717) is 44.1 Å². The van der Waals surface area contributed by atoms with Crippen LogP contribution >= 0.6 is 0 Å². The molecule has 0 fully saturated rings. The van der Waals surface area contributed by atoms with Crippen molar-refractivity contribution in [1.29, 1.82) is 5.26 Å². The number of benzene rings is 2. The average molecular weight is 453 g/mol. The lowest BCUT2D eigenvalue weighted by Crippen LogP contribution is -2.35. The van der Waals surface area contributed by atoms with Crippen molar-refractivity contribution in [3.8, 4) is 17.5 Å². The van der Waals surface area contributed by atoms with Crippen LogP contribution in [-0.2, 0) is 27.7 Å². The van der Waals surface area contributed by atoms with Gasteiger partial charge in [0, 0.05) is 38.9 Å². The first-order valence-electron chi connectivity index (χ1n) is 10.3. The molecule has 1 aromatic heterocycles. The van der Waals surface area contributed by atoms with Crippen LogP contribution in [0.1, 0.15) is 23.2 Å². The summed E-state index contributed by atoms with van der Waals surface area (Å²) in [4.78, 5) is 4.44. The van der Waals surface area contributed by atoms with Crippen molar-refractivity contribution in [2.75, 3.05) is 32.1 Å². The number of oxazole rings is 1. The molecule has 0 radical (unpaired) electrons. The highest BCUT2D eigenvalue weighted by Gasteiger charge is 2.28. The Morgan fingerprint density at radius 3 is 2.66 bits per heavy atom. The van der Waals surface area contributed by atoms with E-state index in [9.17, 15) is 13.7 Å². The van der Waals surface area contributed by atoms with Crippen LogP contribution in [0.4, 0.5) is 5.88 Å². The van der Waals surface area contributed by atoms with Gasteiger partial charge in [0.1, 0.15) is 6.07 Å². The van der Waals surface area contributed by atoms with E-state index in [4.69, 9.17) is 9.15 Å². The zero-order valence-electron chi connectivity index (χ0n) is 17.7. The number of ether oxygens (including phenoxy) is 1. The van der Waals surface area contributed by atoms with E-state index in [-0.39, 0.29) is 16.5 Å². The zero-order valence-corrected chi connectivity index (χ0v) is 18.6. The average Bonchev–Trinajstić information content (AvgIpc) is 3.25. The second-order valence-electron chi connectivity index (χ2n) is 7.46. The Labute approximate surface area is 187 Å². The summed E-state index contributed by atoms with van der Waals surface area (Å²) in [5.74, 6) is 0.550. The molecule has 166 valence electrons. The van der Waals surface area contributed by atoms with Gasteiger partial charge in [-0.15, -0.1) is 0 Å². The zero-order chi connectivity index (χ0) is 22.6. The Morgan fingerprint density at radius 1 is 1.19 bits per heavy atom. The molecular weight excluding hydrogens is 428 g/mol. The maximum Gasteiger partial charge on any atom is 0.243 e. The molecule has 1 aliphatic rings. The summed E-state index contributed by atoms with van der Waals surface area (Å²) < 4.78 is 38.5. The molecule has 0 saturated heterocycles. The fraction of sp³-hybridized carbons (Fsp3) is 0.304. The van der Waals surface area contributed by atoms with E-state index in [2.05, 4.69) is 10.3 Å². The van der Waals surface area contributed by atoms with Crippen LogP contribution in [0.5, 0.6) is 0 Å². The summed E-state index contributed by atoms with van der Waals surface area (Å²) in [6.45, 7) is 1.98. The minimum Gasteiger partial charge on any atom is -0.419 e. The van der Waals surface area contributed by atoms with Crippen molar-refractivity contribution in [3.05, 3.63) is 65.4 Å². The molecule has 0 atom stereocenters. The first-order valence-corrected chi connectivity index (χ1v) is 11.8. The topological polar surface area (TPSA) is 108 Å². The van der Waals surface area contributed by atoms with Crippen LogP contribution in [0.3, 0.4) is 0 Å². The van der Waals surface area contributed by atoms with Crippen LogP contribution < -0.4 is 5.32 Å². The third-order valence-electron chi connectivity index (χ3n) is 5.38. The highest BCUT2D eigenvalue weighted by Crippen LogP contribution is 2.29. The Bertz CT molecular complexity index is 1230. The minimum atomic E-state index is -3.62. The number of hydrogen-bond donors (Lipinski definition) is 1. The molecule has 2 aromatic carbocycles. The largest absolute Gasteiger partial charge is 0.419 e. The standard InChI is InChI=1S/C23H24N4O4S/c1-30-14-4-12-25-23-21(15-24)26-22(31-23)18-7-9-20(10-8-18)32(28,29)27-13-11-17-5-2-3-6-19(17)16-27/h2-3,5-10,25H,4,11-14,16H2,1H3. The monoisotopic (exact) mass is 452 g/mol. The minimum absolute atomic E-state index is 0.154. The van der Waals surface area contributed by atoms with Crippen LogP contribution in [0.15, 0.2) is 57.8 Å². The summed E-state index contributed by atoms with van der Waals surface area (Å²) in [7, 11) is -2.00. The van der Waals surface area contributed by atoms with Crippen LogP contribution in [0.25, 0.3) is 11.5 Å². The predicted octanol–water partition coefficient (Wildman–Crippen LogP) is 3.41. The number of nitrogens with one attached hydrogen (secondary N) is 1. The lowest BCUT2D eigenvalue weighted by Gasteiger charge is -2.28. The number of nitriles is 1. The Hall–Kier alpha value is -3.19. The lowest BCUT2D eigenvalue weighted by molar-refractivity contribution is 0.197. The van der Waals surface area contributed by atoms with Crippen LogP contribution in [0.2, 0.25) is 0 Å². The van der Waals surface area contributed by atoms with Gasteiger partial charge in [-0.1, -0.05) is 24.3 Å². The second-order valence-corrected chi connectivity index (χ2v) is 9.40. The Morgan fingerprint density at radius 2 is 1.94 bits per heavy atom. The number of sulfonamides is 1. The highest BCUT2D eigenvalue weighted by molar-refractivity contribution is 7.89. The molecule has 0 unspecified atom stereocenters. The van der Waals surface area contributed by atoms with Crippen molar-refractivity contribution in [1.82, 2.24) is 9.29 Å². The van der Waals surface area contributed by atoms with E-state index in [1.165, 1.54) is 9.87 Å². The predicted molar refractivity (Wildman–Crippen MR) is 119 cm³/mol. The van der Waals surface area contributed by atoms with E-state index in [1.807, 2.05) is 30.3 Å². The maximum atomic E-state index is 13.1. The van der Waals surface area contributed by atoms with Gasteiger partial charge in [-0.3, -0.25) is 0 Å². The van der Waals surface area contributed by atoms with E-state index in [0.717, 1.165) is 12.0 Å². The van der Waals surface area contributed by atoms with Crippen LogP contribution in [-0.4, -0.2) is 44.5 Å². The van der Waals surface area contributed by atoms with Crippen LogP contribution in [0, 0.1) is 11.3 Å². The number of rotatable bonds is 8. The van der Waals surface area contributed by atoms with Gasteiger partial charge < -0.3 is 14.5 Å². The molecule has 0 aliphatic carbocycles. The molecule has 0 saturated carbocycles. The fourth-order valence-electron chi connectivity index (χ4n) is 3.65. The van der Waals surface area contributed by atoms with Gasteiger partial charge in [-0.2, -0.15) is 14.6 Å². The van der Waals surface area contributed by atoms with Gasteiger partial charge >= 0.3 is 0 Å². The van der Waals surface area contributed by atoms with Gasteiger partial charge in [-0.25, -0.2) is 8.42 Å². The Balaban J connectivity index is 1.51. The number of nitrogens with zero attached hydrogens (tertiary/aromatic N) is 3. The quantitative estimate of drug-likeness (QED) is 0.522. The number of aromatic nitrogens is 1. The highest BCUT2D eigenvalue weighted by atomic mass is 32.2. The number of hydrogen-bond acceptors (Lipinski definition) is 7. The molecule has 3 aromatic rings. The summed E-state index contributed by atoms with van der Waals surface area (Å²) in [6, 6.07) is 16.3. The molecule has 1 aliphatic heterocycles. The number of methoxy groups -OCH3 is 1. The van der Waals surface area contributed by atoms with Crippen molar-refractivity contribution in [2.24, 2.45) is 0 Å². The molecule has 1 N–H and O–H groups in total. The summed E-state index contributed by atoms with van der Waals surface area (Å²) in [6.07, 6.45) is 1.45. The third kappa shape index (κ3) is 4.53. The molecule has 4 rings (SSSR count).